The van der Waals surface area contributed by atoms with Crippen molar-refractivity contribution in [2.24, 2.45) is 0 Å². The Kier molecular flexibility index (Phi) is 5.67. The van der Waals surface area contributed by atoms with E-state index in [4.69, 9.17) is 0 Å². The zero-order valence-corrected chi connectivity index (χ0v) is 14.1. The quantitative estimate of drug-likeness (QED) is 0.860. The molecule has 2 aliphatic heterocycles. The van der Waals surface area contributed by atoms with E-state index >= 15 is 0 Å². The molecule has 2 fully saturated rings. The maximum Gasteiger partial charge on any atom is 0.222 e. The fourth-order valence-electron chi connectivity index (χ4n) is 3.51. The van der Waals surface area contributed by atoms with Crippen molar-refractivity contribution >= 4 is 17.6 Å². The Morgan fingerprint density at radius 3 is 2.96 bits per heavy atom. The largest absolute Gasteiger partial charge is 0.355 e. The van der Waals surface area contributed by atoms with Gasteiger partial charge in [0.05, 0.1) is 0 Å². The predicted molar refractivity (Wildman–Crippen MR) is 92.7 cm³/mol. The molecule has 1 N–H and O–H groups in total. The lowest BCUT2D eigenvalue weighted by molar-refractivity contribution is -0.128. The summed E-state index contributed by atoms with van der Waals surface area (Å²) in [6.07, 6.45) is 6.73. The first-order valence-corrected chi connectivity index (χ1v) is 8.95. The van der Waals surface area contributed by atoms with Gasteiger partial charge in [0, 0.05) is 51.3 Å². The van der Waals surface area contributed by atoms with Gasteiger partial charge in [0.25, 0.3) is 0 Å². The van der Waals surface area contributed by atoms with Crippen molar-refractivity contribution in [2.45, 2.75) is 44.6 Å². The van der Waals surface area contributed by atoms with Gasteiger partial charge >= 0.3 is 0 Å². The van der Waals surface area contributed by atoms with Crippen LogP contribution >= 0.6 is 0 Å². The van der Waals surface area contributed by atoms with E-state index in [1.807, 2.05) is 23.1 Å². The average Bonchev–Trinajstić information content (AvgIpc) is 3.01. The van der Waals surface area contributed by atoms with Gasteiger partial charge in [0.2, 0.25) is 11.8 Å². The highest BCUT2D eigenvalue weighted by Crippen LogP contribution is 2.17. The molecule has 3 heterocycles. The van der Waals surface area contributed by atoms with Crippen LogP contribution in [0.5, 0.6) is 0 Å². The van der Waals surface area contributed by atoms with Crippen molar-refractivity contribution in [3.8, 4) is 0 Å². The van der Waals surface area contributed by atoms with Crippen LogP contribution in [-0.4, -0.2) is 53.9 Å². The van der Waals surface area contributed by atoms with Crippen LogP contribution in [0.3, 0.4) is 0 Å². The lowest BCUT2D eigenvalue weighted by Crippen LogP contribution is -2.48. The van der Waals surface area contributed by atoms with Gasteiger partial charge in [-0.2, -0.15) is 0 Å². The third kappa shape index (κ3) is 4.46. The summed E-state index contributed by atoms with van der Waals surface area (Å²) in [5, 5.41) is 3.14. The summed E-state index contributed by atoms with van der Waals surface area (Å²) >= 11 is 0. The minimum atomic E-state index is 0.0921. The van der Waals surface area contributed by atoms with Crippen LogP contribution in [0.15, 0.2) is 24.4 Å². The molecule has 24 heavy (non-hydrogen) atoms. The van der Waals surface area contributed by atoms with E-state index < -0.39 is 0 Å². The monoisotopic (exact) mass is 330 g/mol. The van der Waals surface area contributed by atoms with Gasteiger partial charge < -0.3 is 15.1 Å². The van der Waals surface area contributed by atoms with E-state index in [9.17, 15) is 9.59 Å². The van der Waals surface area contributed by atoms with E-state index in [1.54, 1.807) is 6.20 Å². The van der Waals surface area contributed by atoms with Crippen LogP contribution < -0.4 is 10.2 Å². The zero-order valence-electron chi connectivity index (χ0n) is 14.1. The summed E-state index contributed by atoms with van der Waals surface area (Å²) in [6, 6.07) is 6.10. The molecule has 0 bridgehead atoms. The maximum absolute atomic E-state index is 12.2. The summed E-state index contributed by atoms with van der Waals surface area (Å²) in [5.41, 5.74) is 0. The van der Waals surface area contributed by atoms with Crippen LogP contribution in [0.4, 0.5) is 5.82 Å². The van der Waals surface area contributed by atoms with Crippen LogP contribution in [0.25, 0.3) is 0 Å². The molecule has 6 nitrogen and oxygen atoms in total. The van der Waals surface area contributed by atoms with Crippen LogP contribution in [0.1, 0.15) is 38.5 Å². The molecule has 0 unspecified atom stereocenters. The average molecular weight is 330 g/mol. The van der Waals surface area contributed by atoms with Crippen molar-refractivity contribution in [1.82, 2.24) is 15.2 Å². The number of pyridine rings is 1. The van der Waals surface area contributed by atoms with Gasteiger partial charge in [-0.1, -0.05) is 6.07 Å². The van der Waals surface area contributed by atoms with E-state index in [0.29, 0.717) is 19.4 Å². The van der Waals surface area contributed by atoms with Crippen LogP contribution in [-0.2, 0) is 9.59 Å². The second-order valence-corrected chi connectivity index (χ2v) is 6.63. The standard InChI is InChI=1S/C18H26N4O2/c23-17(8-4-11-21-12-5-9-18(21)24)20-15-6-3-13-22(14-15)16-7-1-2-10-19-16/h1-2,7,10,15H,3-6,8-9,11-14H2,(H,20,23)/t15-/m0/s1. The Hall–Kier alpha value is -2.11. The molecule has 130 valence electrons. The lowest BCUT2D eigenvalue weighted by Gasteiger charge is -2.34. The summed E-state index contributed by atoms with van der Waals surface area (Å²) < 4.78 is 0. The molecule has 0 spiro atoms. The van der Waals surface area contributed by atoms with Crippen LogP contribution in [0, 0.1) is 0 Å². The number of anilines is 1. The number of hydrogen-bond donors (Lipinski definition) is 1. The highest BCUT2D eigenvalue weighted by molar-refractivity contribution is 5.78. The number of piperidine rings is 1. The predicted octanol–water partition coefficient (Wildman–Crippen LogP) is 1.57. The maximum atomic E-state index is 12.2. The minimum Gasteiger partial charge on any atom is -0.355 e. The third-order valence-electron chi connectivity index (χ3n) is 4.76. The SMILES string of the molecule is O=C(CCCN1CCCC1=O)N[C@H]1CCCN(c2ccccn2)C1. The molecule has 1 aromatic heterocycles. The number of likely N-dealkylation sites (tertiary alicyclic amines) is 1. The fraction of sp³-hybridized carbons (Fsp3) is 0.611. The molecule has 0 aromatic carbocycles. The third-order valence-corrected chi connectivity index (χ3v) is 4.76. The van der Waals surface area contributed by atoms with Gasteiger partial charge in [0.15, 0.2) is 0 Å². The van der Waals surface area contributed by atoms with Gasteiger partial charge in [-0.15, -0.1) is 0 Å². The molecule has 2 aliphatic rings. The van der Waals surface area contributed by atoms with E-state index in [-0.39, 0.29) is 17.9 Å². The normalized spacial score (nSPS) is 21.2. The van der Waals surface area contributed by atoms with Crippen molar-refractivity contribution in [1.29, 1.82) is 0 Å². The van der Waals surface area contributed by atoms with Crippen molar-refractivity contribution in [2.75, 3.05) is 31.1 Å². The zero-order chi connectivity index (χ0) is 16.8. The molecular weight excluding hydrogens is 304 g/mol. The van der Waals surface area contributed by atoms with Crippen molar-refractivity contribution in [3.05, 3.63) is 24.4 Å². The van der Waals surface area contributed by atoms with E-state index in [1.165, 1.54) is 0 Å². The van der Waals surface area contributed by atoms with Crippen LogP contribution in [0.2, 0.25) is 0 Å². The number of nitrogens with one attached hydrogen (secondary N) is 1. The summed E-state index contributed by atoms with van der Waals surface area (Å²) in [5.74, 6) is 1.30. The van der Waals surface area contributed by atoms with Gasteiger partial charge in [-0.05, 0) is 37.8 Å². The number of rotatable bonds is 6. The molecule has 2 amide bonds. The second kappa shape index (κ2) is 8.13. The first kappa shape index (κ1) is 16.7. The topological polar surface area (TPSA) is 65.5 Å². The Labute approximate surface area is 143 Å². The Morgan fingerprint density at radius 2 is 2.21 bits per heavy atom. The lowest BCUT2D eigenvalue weighted by atomic mass is 10.1. The molecule has 1 atom stereocenters. The molecule has 3 rings (SSSR count). The summed E-state index contributed by atoms with van der Waals surface area (Å²) in [4.78, 5) is 32.2. The second-order valence-electron chi connectivity index (χ2n) is 6.63. The summed E-state index contributed by atoms with van der Waals surface area (Å²) in [6.45, 7) is 3.35. The highest BCUT2D eigenvalue weighted by Gasteiger charge is 2.23. The van der Waals surface area contributed by atoms with Crippen molar-refractivity contribution < 1.29 is 9.59 Å². The molecule has 1 aromatic rings. The molecule has 2 saturated heterocycles. The smallest absolute Gasteiger partial charge is 0.222 e. The Bertz CT molecular complexity index is 563. The van der Waals surface area contributed by atoms with E-state index in [0.717, 1.165) is 51.1 Å². The molecule has 0 aliphatic carbocycles. The highest BCUT2D eigenvalue weighted by atomic mass is 16.2. The number of aromatic nitrogens is 1. The van der Waals surface area contributed by atoms with Crippen molar-refractivity contribution in [3.63, 3.8) is 0 Å². The summed E-state index contributed by atoms with van der Waals surface area (Å²) in [7, 11) is 0. The molecular formula is C18H26N4O2. The Balaban J connectivity index is 1.40. The molecule has 0 radical (unpaired) electrons. The minimum absolute atomic E-state index is 0.0921. The Morgan fingerprint density at radius 1 is 1.29 bits per heavy atom. The number of carbonyl (C=O) groups is 2. The van der Waals surface area contributed by atoms with Gasteiger partial charge in [-0.25, -0.2) is 4.98 Å². The molecule has 6 heteroatoms. The van der Waals surface area contributed by atoms with Gasteiger partial charge in [-0.3, -0.25) is 9.59 Å². The van der Waals surface area contributed by atoms with Gasteiger partial charge in [0.1, 0.15) is 5.82 Å². The number of hydrogen-bond acceptors (Lipinski definition) is 4. The van der Waals surface area contributed by atoms with E-state index in [2.05, 4.69) is 15.2 Å². The number of amides is 2. The fourth-order valence-corrected chi connectivity index (χ4v) is 3.51. The first-order chi connectivity index (χ1) is 11.7. The molecule has 0 saturated carbocycles. The number of carbonyl (C=O) groups excluding carboxylic acids is 2. The number of nitrogens with zero attached hydrogens (tertiary/aromatic N) is 3. The first-order valence-electron chi connectivity index (χ1n) is 8.95.